The highest BCUT2D eigenvalue weighted by molar-refractivity contribution is 5.88. The number of para-hydroxylation sites is 1. The Balaban J connectivity index is 1.38. The van der Waals surface area contributed by atoms with Crippen molar-refractivity contribution < 1.29 is 23.5 Å². The maximum Gasteiger partial charge on any atom is 0.329 e. The van der Waals surface area contributed by atoms with Crippen LogP contribution in [0.5, 0.6) is 5.75 Å². The molecule has 2 aromatic carbocycles. The summed E-state index contributed by atoms with van der Waals surface area (Å²) in [6.45, 7) is 2.89. The number of halogens is 1. The molecule has 0 spiro atoms. The molecule has 7 nitrogen and oxygen atoms in total. The zero-order valence-electron chi connectivity index (χ0n) is 18.7. The molecule has 1 aromatic heterocycles. The van der Waals surface area contributed by atoms with Crippen LogP contribution in [-0.4, -0.2) is 54.2 Å². The van der Waals surface area contributed by atoms with Crippen molar-refractivity contribution in [1.82, 2.24) is 15.2 Å². The average molecular weight is 454 g/mol. The number of piperidine rings is 1. The van der Waals surface area contributed by atoms with Crippen molar-refractivity contribution in [3.05, 3.63) is 66.1 Å². The Hall–Kier alpha value is -3.55. The predicted molar refractivity (Wildman–Crippen MR) is 123 cm³/mol. The van der Waals surface area contributed by atoms with E-state index in [2.05, 4.69) is 10.3 Å². The summed E-state index contributed by atoms with van der Waals surface area (Å²) in [6.07, 6.45) is 3.11. The number of benzene rings is 2. The normalized spacial score (nSPS) is 16.3. The number of ether oxygens (including phenoxy) is 2. The summed E-state index contributed by atoms with van der Waals surface area (Å²) in [4.78, 5) is 30.5. The Morgan fingerprint density at radius 2 is 1.82 bits per heavy atom. The summed E-state index contributed by atoms with van der Waals surface area (Å²) in [7, 11) is 1.32. The van der Waals surface area contributed by atoms with Gasteiger partial charge in [0.05, 0.1) is 7.11 Å². The molecule has 2 unspecified atom stereocenters. The van der Waals surface area contributed by atoms with Crippen LogP contribution in [0.2, 0.25) is 0 Å². The summed E-state index contributed by atoms with van der Waals surface area (Å²) in [6, 6.07) is 12.6. The number of aromatic nitrogens is 1. The number of esters is 1. The summed E-state index contributed by atoms with van der Waals surface area (Å²) in [5.41, 5.74) is 1.91. The third kappa shape index (κ3) is 5.10. The quantitative estimate of drug-likeness (QED) is 0.548. The second-order valence-corrected chi connectivity index (χ2v) is 8.29. The first kappa shape index (κ1) is 22.6. The predicted octanol–water partition coefficient (Wildman–Crippen LogP) is 4.21. The van der Waals surface area contributed by atoms with Crippen molar-refractivity contribution in [3.8, 4) is 5.75 Å². The third-order valence-electron chi connectivity index (χ3n) is 6.19. The van der Waals surface area contributed by atoms with Crippen LogP contribution in [-0.2, 0) is 9.53 Å². The lowest BCUT2D eigenvalue weighted by molar-refractivity contribution is -0.143. The van der Waals surface area contributed by atoms with E-state index in [0.29, 0.717) is 31.7 Å². The molecule has 8 heteroatoms. The van der Waals surface area contributed by atoms with Gasteiger partial charge in [0.1, 0.15) is 23.7 Å². The number of fused-ring (bicyclic) bond motifs is 1. The molecule has 2 amide bonds. The molecule has 1 fully saturated rings. The highest BCUT2D eigenvalue weighted by Gasteiger charge is 2.33. The minimum atomic E-state index is -0.824. The van der Waals surface area contributed by atoms with Crippen molar-refractivity contribution in [2.24, 2.45) is 0 Å². The topological polar surface area (TPSA) is 83.7 Å². The van der Waals surface area contributed by atoms with Crippen LogP contribution < -0.4 is 10.1 Å². The summed E-state index contributed by atoms with van der Waals surface area (Å²) < 4.78 is 24.0. The standard InChI is InChI=1S/C25H28FN3O4/c1-16(21-15-27-22-6-4-3-5-20(21)22)23(24(30)32-2)28-25(31)29-13-11-19(12-14-29)33-18-9-7-17(26)8-10-18/h3-10,15-16,19,23,27H,11-14H2,1-2H3,(H,28,31). The Morgan fingerprint density at radius 1 is 1.12 bits per heavy atom. The maximum atomic E-state index is 13.1. The van der Waals surface area contributed by atoms with Crippen LogP contribution in [0.15, 0.2) is 54.7 Å². The van der Waals surface area contributed by atoms with Gasteiger partial charge in [-0.2, -0.15) is 0 Å². The molecule has 2 heterocycles. The molecular weight excluding hydrogens is 425 g/mol. The number of hydrogen-bond acceptors (Lipinski definition) is 4. The third-order valence-corrected chi connectivity index (χ3v) is 6.19. The van der Waals surface area contributed by atoms with Gasteiger partial charge in [-0.3, -0.25) is 0 Å². The van der Waals surface area contributed by atoms with Crippen molar-refractivity contribution in [2.75, 3.05) is 20.2 Å². The minimum Gasteiger partial charge on any atom is -0.490 e. The number of H-pyrrole nitrogens is 1. The molecule has 0 bridgehead atoms. The fourth-order valence-electron chi connectivity index (χ4n) is 4.27. The molecule has 2 N–H and O–H groups in total. The lowest BCUT2D eigenvalue weighted by atomic mass is 9.93. The molecule has 1 aliphatic rings. The van der Waals surface area contributed by atoms with Crippen LogP contribution in [0.4, 0.5) is 9.18 Å². The summed E-state index contributed by atoms with van der Waals surface area (Å²) in [5, 5.41) is 3.88. The van der Waals surface area contributed by atoms with Crippen molar-refractivity contribution in [3.63, 3.8) is 0 Å². The molecule has 1 aliphatic heterocycles. The van der Waals surface area contributed by atoms with Crippen LogP contribution in [0.1, 0.15) is 31.2 Å². The van der Waals surface area contributed by atoms with Gasteiger partial charge in [0, 0.05) is 48.9 Å². The SMILES string of the molecule is COC(=O)C(NC(=O)N1CCC(Oc2ccc(F)cc2)CC1)C(C)c1c[nH]c2ccccc12. The first-order valence-electron chi connectivity index (χ1n) is 11.1. The van der Waals surface area contributed by atoms with Gasteiger partial charge in [0.15, 0.2) is 0 Å². The van der Waals surface area contributed by atoms with Crippen LogP contribution in [0.25, 0.3) is 10.9 Å². The van der Waals surface area contributed by atoms with E-state index in [1.54, 1.807) is 17.0 Å². The number of carbonyl (C=O) groups is 2. The number of nitrogens with one attached hydrogen (secondary N) is 2. The van der Waals surface area contributed by atoms with E-state index in [1.165, 1.54) is 19.2 Å². The summed E-state index contributed by atoms with van der Waals surface area (Å²) in [5.74, 6) is -0.485. The second-order valence-electron chi connectivity index (χ2n) is 8.29. The minimum absolute atomic E-state index is 0.0546. The Labute approximate surface area is 191 Å². The molecule has 3 aromatic rings. The number of methoxy groups -OCH3 is 1. The molecule has 1 saturated heterocycles. The molecule has 174 valence electrons. The van der Waals surface area contributed by atoms with Crippen LogP contribution >= 0.6 is 0 Å². The summed E-state index contributed by atoms with van der Waals surface area (Å²) >= 11 is 0. The van der Waals surface area contributed by atoms with E-state index in [9.17, 15) is 14.0 Å². The van der Waals surface area contributed by atoms with Crippen molar-refractivity contribution in [1.29, 1.82) is 0 Å². The van der Waals surface area contributed by atoms with Gasteiger partial charge >= 0.3 is 12.0 Å². The van der Waals surface area contributed by atoms with Crippen molar-refractivity contribution >= 4 is 22.9 Å². The van der Waals surface area contributed by atoms with Gasteiger partial charge < -0.3 is 24.7 Å². The molecule has 2 atom stereocenters. The number of urea groups is 1. The molecule has 0 saturated carbocycles. The number of amides is 2. The monoisotopic (exact) mass is 453 g/mol. The Kier molecular flexibility index (Phi) is 6.82. The second kappa shape index (κ2) is 9.94. The number of aromatic amines is 1. The fraction of sp³-hybridized carbons (Fsp3) is 0.360. The lowest BCUT2D eigenvalue weighted by Gasteiger charge is -2.33. The number of hydrogen-bond donors (Lipinski definition) is 2. The van der Waals surface area contributed by atoms with E-state index in [0.717, 1.165) is 16.5 Å². The largest absolute Gasteiger partial charge is 0.490 e. The number of carbonyl (C=O) groups excluding carboxylic acids is 2. The van der Waals surface area contributed by atoms with Gasteiger partial charge in [-0.1, -0.05) is 25.1 Å². The smallest absolute Gasteiger partial charge is 0.329 e. The van der Waals surface area contributed by atoms with Gasteiger partial charge in [-0.05, 0) is 35.9 Å². The highest BCUT2D eigenvalue weighted by atomic mass is 19.1. The van der Waals surface area contributed by atoms with E-state index >= 15 is 0 Å². The first-order valence-corrected chi connectivity index (χ1v) is 11.1. The van der Waals surface area contributed by atoms with E-state index in [4.69, 9.17) is 9.47 Å². The van der Waals surface area contributed by atoms with Crippen LogP contribution in [0, 0.1) is 5.82 Å². The van der Waals surface area contributed by atoms with Gasteiger partial charge in [-0.25, -0.2) is 14.0 Å². The first-order chi connectivity index (χ1) is 16.0. The number of rotatable bonds is 6. The Morgan fingerprint density at radius 3 is 2.52 bits per heavy atom. The van der Waals surface area contributed by atoms with E-state index in [1.807, 2.05) is 37.4 Å². The van der Waals surface area contributed by atoms with Gasteiger partial charge in [0.25, 0.3) is 0 Å². The van der Waals surface area contributed by atoms with Crippen molar-refractivity contribution in [2.45, 2.75) is 37.8 Å². The van der Waals surface area contributed by atoms with E-state index < -0.39 is 12.0 Å². The molecular formula is C25H28FN3O4. The Bertz CT molecular complexity index is 1110. The van der Waals surface area contributed by atoms with Gasteiger partial charge in [-0.15, -0.1) is 0 Å². The highest BCUT2D eigenvalue weighted by Crippen LogP contribution is 2.28. The number of likely N-dealkylation sites (tertiary alicyclic amines) is 1. The molecule has 0 radical (unpaired) electrons. The fourth-order valence-corrected chi connectivity index (χ4v) is 4.27. The zero-order chi connectivity index (χ0) is 23.4. The molecule has 0 aliphatic carbocycles. The van der Waals surface area contributed by atoms with Crippen LogP contribution in [0.3, 0.4) is 0 Å². The zero-order valence-corrected chi connectivity index (χ0v) is 18.7. The van der Waals surface area contributed by atoms with Gasteiger partial charge in [0.2, 0.25) is 0 Å². The maximum absolute atomic E-state index is 13.1. The van der Waals surface area contributed by atoms with E-state index in [-0.39, 0.29) is 23.9 Å². The average Bonchev–Trinajstić information content (AvgIpc) is 3.27. The number of nitrogens with zero attached hydrogens (tertiary/aromatic N) is 1. The lowest BCUT2D eigenvalue weighted by Crippen LogP contribution is -2.52. The molecule has 4 rings (SSSR count). The molecule has 33 heavy (non-hydrogen) atoms.